The average molecular weight is 249 g/mol. The molecular formula is C14H19NO3. The van der Waals surface area contributed by atoms with Gasteiger partial charge in [-0.15, -0.1) is 0 Å². The normalized spacial score (nSPS) is 23.0. The molecule has 1 unspecified atom stereocenters. The van der Waals surface area contributed by atoms with E-state index < -0.39 is 5.60 Å². The number of rotatable bonds is 4. The highest BCUT2D eigenvalue weighted by atomic mass is 16.5. The summed E-state index contributed by atoms with van der Waals surface area (Å²) in [4.78, 5) is 12.1. The minimum Gasteiger partial charge on any atom is -0.396 e. The van der Waals surface area contributed by atoms with Crippen molar-refractivity contribution >= 4 is 11.6 Å². The Balaban J connectivity index is 1.98. The SMILES string of the molecule is CC1(C(=O)Nc2ccc(CCO)cc2)CCCO1. The van der Waals surface area contributed by atoms with Gasteiger partial charge in [0, 0.05) is 18.9 Å². The second kappa shape index (κ2) is 5.50. The van der Waals surface area contributed by atoms with E-state index in [4.69, 9.17) is 9.84 Å². The van der Waals surface area contributed by atoms with Gasteiger partial charge in [0.1, 0.15) is 5.60 Å². The van der Waals surface area contributed by atoms with E-state index in [1.54, 1.807) is 0 Å². The molecule has 4 heteroatoms. The van der Waals surface area contributed by atoms with E-state index in [1.807, 2.05) is 31.2 Å². The first-order chi connectivity index (χ1) is 8.64. The summed E-state index contributed by atoms with van der Waals surface area (Å²) in [6, 6.07) is 7.51. The van der Waals surface area contributed by atoms with Gasteiger partial charge < -0.3 is 15.2 Å². The van der Waals surface area contributed by atoms with Gasteiger partial charge in [0.05, 0.1) is 0 Å². The van der Waals surface area contributed by atoms with Crippen molar-refractivity contribution in [2.45, 2.75) is 31.8 Å². The molecular weight excluding hydrogens is 230 g/mol. The number of aliphatic hydroxyl groups is 1. The van der Waals surface area contributed by atoms with Crippen molar-refractivity contribution in [3.63, 3.8) is 0 Å². The second-order valence-corrected chi connectivity index (χ2v) is 4.81. The molecule has 1 fully saturated rings. The van der Waals surface area contributed by atoms with Crippen molar-refractivity contribution < 1.29 is 14.6 Å². The van der Waals surface area contributed by atoms with Crippen LogP contribution in [0.3, 0.4) is 0 Å². The molecule has 1 atom stereocenters. The lowest BCUT2D eigenvalue weighted by Crippen LogP contribution is -2.39. The third-order valence-corrected chi connectivity index (χ3v) is 3.31. The van der Waals surface area contributed by atoms with Crippen LogP contribution >= 0.6 is 0 Å². The Morgan fingerprint density at radius 1 is 1.44 bits per heavy atom. The van der Waals surface area contributed by atoms with E-state index in [0.717, 1.165) is 24.1 Å². The Bertz CT molecular complexity index is 408. The Labute approximate surface area is 107 Å². The Morgan fingerprint density at radius 3 is 2.72 bits per heavy atom. The molecule has 1 amide bonds. The van der Waals surface area contributed by atoms with Gasteiger partial charge in [-0.25, -0.2) is 0 Å². The van der Waals surface area contributed by atoms with Gasteiger partial charge in [0.15, 0.2) is 0 Å². The summed E-state index contributed by atoms with van der Waals surface area (Å²) in [5, 5.41) is 11.7. The third-order valence-electron chi connectivity index (χ3n) is 3.31. The van der Waals surface area contributed by atoms with Crippen molar-refractivity contribution in [2.24, 2.45) is 0 Å². The van der Waals surface area contributed by atoms with E-state index in [9.17, 15) is 4.79 Å². The van der Waals surface area contributed by atoms with E-state index in [-0.39, 0.29) is 12.5 Å². The molecule has 0 spiro atoms. The fourth-order valence-corrected chi connectivity index (χ4v) is 2.11. The molecule has 1 aliphatic rings. The zero-order valence-corrected chi connectivity index (χ0v) is 10.6. The maximum Gasteiger partial charge on any atom is 0.256 e. The number of carbonyl (C=O) groups excluding carboxylic acids is 1. The predicted molar refractivity (Wildman–Crippen MR) is 69.5 cm³/mol. The quantitative estimate of drug-likeness (QED) is 0.854. The number of nitrogens with one attached hydrogen (secondary N) is 1. The van der Waals surface area contributed by atoms with Crippen molar-refractivity contribution in [1.29, 1.82) is 0 Å². The summed E-state index contributed by atoms with van der Waals surface area (Å²) in [7, 11) is 0. The molecule has 0 radical (unpaired) electrons. The van der Waals surface area contributed by atoms with Gasteiger partial charge in [-0.1, -0.05) is 12.1 Å². The zero-order chi connectivity index (χ0) is 13.0. The molecule has 1 aromatic rings. The molecule has 0 saturated carbocycles. The summed E-state index contributed by atoms with van der Waals surface area (Å²) in [5.74, 6) is -0.0880. The maximum absolute atomic E-state index is 12.1. The van der Waals surface area contributed by atoms with Crippen LogP contribution in [0.4, 0.5) is 5.69 Å². The summed E-state index contributed by atoms with van der Waals surface area (Å²) in [6.45, 7) is 2.62. The summed E-state index contributed by atoms with van der Waals surface area (Å²) in [5.41, 5.74) is 1.13. The molecule has 4 nitrogen and oxygen atoms in total. The first-order valence-corrected chi connectivity index (χ1v) is 6.29. The Kier molecular flexibility index (Phi) is 3.99. The number of hydrogen-bond donors (Lipinski definition) is 2. The van der Waals surface area contributed by atoms with Crippen LogP contribution in [-0.4, -0.2) is 29.8 Å². The standard InChI is InChI=1S/C14H19NO3/c1-14(8-2-10-18-14)13(17)15-12-5-3-11(4-6-12)7-9-16/h3-6,16H,2,7-10H2,1H3,(H,15,17). The molecule has 0 bridgehead atoms. The number of amides is 1. The maximum atomic E-state index is 12.1. The molecule has 98 valence electrons. The summed E-state index contributed by atoms with van der Waals surface area (Å²) < 4.78 is 5.49. The minimum absolute atomic E-state index is 0.0880. The predicted octanol–water partition coefficient (Wildman–Crippen LogP) is 1.73. The van der Waals surface area contributed by atoms with Gasteiger partial charge in [0.25, 0.3) is 5.91 Å². The fraction of sp³-hybridized carbons (Fsp3) is 0.500. The van der Waals surface area contributed by atoms with Crippen LogP contribution in [0.5, 0.6) is 0 Å². The van der Waals surface area contributed by atoms with Gasteiger partial charge >= 0.3 is 0 Å². The smallest absolute Gasteiger partial charge is 0.256 e. The lowest BCUT2D eigenvalue weighted by Gasteiger charge is -2.21. The largest absolute Gasteiger partial charge is 0.396 e. The van der Waals surface area contributed by atoms with Crippen LogP contribution in [0, 0.1) is 0 Å². The van der Waals surface area contributed by atoms with Gasteiger partial charge in [-0.3, -0.25) is 4.79 Å². The van der Waals surface area contributed by atoms with Gasteiger partial charge in [-0.2, -0.15) is 0 Å². The lowest BCUT2D eigenvalue weighted by molar-refractivity contribution is -0.133. The summed E-state index contributed by atoms with van der Waals surface area (Å²) in [6.07, 6.45) is 2.33. The van der Waals surface area contributed by atoms with Crippen LogP contribution < -0.4 is 5.32 Å². The molecule has 1 aliphatic heterocycles. The molecule has 1 saturated heterocycles. The number of ether oxygens (including phenoxy) is 1. The molecule has 2 N–H and O–H groups in total. The van der Waals surface area contributed by atoms with Gasteiger partial charge in [-0.05, 0) is 43.9 Å². The van der Waals surface area contributed by atoms with E-state index in [2.05, 4.69) is 5.32 Å². The number of benzene rings is 1. The number of hydrogen-bond acceptors (Lipinski definition) is 3. The molecule has 0 aromatic heterocycles. The number of anilines is 1. The molecule has 0 aliphatic carbocycles. The molecule has 1 aromatic carbocycles. The number of carbonyl (C=O) groups is 1. The van der Waals surface area contributed by atoms with E-state index in [0.29, 0.717) is 13.0 Å². The molecule has 2 rings (SSSR count). The Morgan fingerprint density at radius 2 is 2.17 bits per heavy atom. The highest BCUT2D eigenvalue weighted by Crippen LogP contribution is 2.26. The topological polar surface area (TPSA) is 58.6 Å². The van der Waals surface area contributed by atoms with Crippen molar-refractivity contribution in [1.82, 2.24) is 0 Å². The second-order valence-electron chi connectivity index (χ2n) is 4.81. The lowest BCUT2D eigenvalue weighted by atomic mass is 10.0. The van der Waals surface area contributed by atoms with Crippen LogP contribution in [0.25, 0.3) is 0 Å². The average Bonchev–Trinajstić information content (AvgIpc) is 2.80. The van der Waals surface area contributed by atoms with Crippen LogP contribution in [0.1, 0.15) is 25.3 Å². The van der Waals surface area contributed by atoms with Crippen LogP contribution in [0.2, 0.25) is 0 Å². The monoisotopic (exact) mass is 249 g/mol. The highest BCUT2D eigenvalue weighted by molar-refractivity contribution is 5.97. The van der Waals surface area contributed by atoms with Crippen molar-refractivity contribution in [3.8, 4) is 0 Å². The van der Waals surface area contributed by atoms with E-state index >= 15 is 0 Å². The fourth-order valence-electron chi connectivity index (χ4n) is 2.11. The molecule has 1 heterocycles. The highest BCUT2D eigenvalue weighted by Gasteiger charge is 2.37. The Hall–Kier alpha value is -1.39. The summed E-state index contributed by atoms with van der Waals surface area (Å²) >= 11 is 0. The first-order valence-electron chi connectivity index (χ1n) is 6.29. The minimum atomic E-state index is -0.691. The van der Waals surface area contributed by atoms with Crippen molar-refractivity contribution in [2.75, 3.05) is 18.5 Å². The third kappa shape index (κ3) is 2.89. The number of aliphatic hydroxyl groups excluding tert-OH is 1. The zero-order valence-electron chi connectivity index (χ0n) is 10.6. The first kappa shape index (κ1) is 13.1. The molecule has 18 heavy (non-hydrogen) atoms. The van der Waals surface area contributed by atoms with Crippen LogP contribution in [-0.2, 0) is 16.0 Å². The van der Waals surface area contributed by atoms with Crippen molar-refractivity contribution in [3.05, 3.63) is 29.8 Å². The van der Waals surface area contributed by atoms with E-state index in [1.165, 1.54) is 0 Å². The van der Waals surface area contributed by atoms with Gasteiger partial charge in [0.2, 0.25) is 0 Å². The van der Waals surface area contributed by atoms with Crippen LogP contribution in [0.15, 0.2) is 24.3 Å².